The summed E-state index contributed by atoms with van der Waals surface area (Å²) in [5.41, 5.74) is 5.68. The molecule has 2 N–H and O–H groups in total. The fourth-order valence-electron chi connectivity index (χ4n) is 2.26. The number of hydrogen-bond donors (Lipinski definition) is 1. The molecule has 1 aliphatic carbocycles. The molecule has 100 valence electrons. The van der Waals surface area contributed by atoms with Gasteiger partial charge in [0.2, 0.25) is 0 Å². The Kier molecular flexibility index (Phi) is 4.59. The van der Waals surface area contributed by atoms with E-state index in [2.05, 4.69) is 27.7 Å². The first-order chi connectivity index (χ1) is 7.76. The highest BCUT2D eigenvalue weighted by molar-refractivity contribution is 5.81. The topological polar surface area (TPSA) is 52.3 Å². The van der Waals surface area contributed by atoms with Crippen molar-refractivity contribution in [2.75, 3.05) is 6.61 Å². The Morgan fingerprint density at radius 1 is 1.41 bits per heavy atom. The fourth-order valence-corrected chi connectivity index (χ4v) is 2.26. The molecule has 0 spiro atoms. The van der Waals surface area contributed by atoms with Crippen molar-refractivity contribution < 1.29 is 9.53 Å². The predicted molar refractivity (Wildman–Crippen MR) is 69.6 cm³/mol. The Bertz CT molecular complexity index is 270. The monoisotopic (exact) mass is 241 g/mol. The summed E-state index contributed by atoms with van der Waals surface area (Å²) in [7, 11) is 0. The summed E-state index contributed by atoms with van der Waals surface area (Å²) >= 11 is 0. The third kappa shape index (κ3) is 3.98. The van der Waals surface area contributed by atoms with E-state index in [9.17, 15) is 4.79 Å². The third-order valence-electron chi connectivity index (χ3n) is 3.82. The van der Waals surface area contributed by atoms with Crippen LogP contribution in [0.5, 0.6) is 0 Å². The first-order valence-electron chi connectivity index (χ1n) is 6.72. The van der Waals surface area contributed by atoms with Gasteiger partial charge in [-0.15, -0.1) is 0 Å². The molecule has 0 aromatic carbocycles. The Balaban J connectivity index is 2.46. The van der Waals surface area contributed by atoms with Gasteiger partial charge in [-0.2, -0.15) is 0 Å². The first-order valence-corrected chi connectivity index (χ1v) is 6.72. The maximum absolute atomic E-state index is 12.1. The summed E-state index contributed by atoms with van der Waals surface area (Å²) in [5, 5.41) is 0. The van der Waals surface area contributed by atoms with Gasteiger partial charge in [0, 0.05) is 0 Å². The summed E-state index contributed by atoms with van der Waals surface area (Å²) in [6, 6.07) is 0. The lowest BCUT2D eigenvalue weighted by Gasteiger charge is -2.37. The molecule has 1 aliphatic rings. The van der Waals surface area contributed by atoms with Crippen LogP contribution < -0.4 is 5.73 Å². The number of hydrogen-bond acceptors (Lipinski definition) is 3. The van der Waals surface area contributed by atoms with Crippen molar-refractivity contribution in [2.45, 2.75) is 65.3 Å². The standard InChI is InChI=1S/C14H27NO2/c1-11-7-5-6-8-14(11,15)12(16)17-10-9-13(2,3)4/h11H,5-10,15H2,1-4H3. The number of esters is 1. The molecule has 1 rings (SSSR count). The van der Waals surface area contributed by atoms with Crippen molar-refractivity contribution in [1.82, 2.24) is 0 Å². The average Bonchev–Trinajstić information content (AvgIpc) is 2.20. The Labute approximate surface area is 105 Å². The van der Waals surface area contributed by atoms with E-state index >= 15 is 0 Å². The van der Waals surface area contributed by atoms with Crippen molar-refractivity contribution in [2.24, 2.45) is 17.1 Å². The average molecular weight is 241 g/mol. The molecule has 0 aliphatic heterocycles. The molecule has 0 radical (unpaired) electrons. The maximum Gasteiger partial charge on any atom is 0.326 e. The molecule has 0 bridgehead atoms. The zero-order chi connectivity index (χ0) is 13.1. The molecular weight excluding hydrogens is 214 g/mol. The van der Waals surface area contributed by atoms with E-state index in [-0.39, 0.29) is 17.3 Å². The zero-order valence-electron chi connectivity index (χ0n) is 11.7. The van der Waals surface area contributed by atoms with Gasteiger partial charge in [-0.05, 0) is 30.6 Å². The van der Waals surface area contributed by atoms with Crippen LogP contribution in [-0.4, -0.2) is 18.1 Å². The van der Waals surface area contributed by atoms with Gasteiger partial charge in [0.1, 0.15) is 5.54 Å². The third-order valence-corrected chi connectivity index (χ3v) is 3.82. The van der Waals surface area contributed by atoms with E-state index in [0.29, 0.717) is 6.61 Å². The lowest BCUT2D eigenvalue weighted by molar-refractivity contribution is -0.154. The van der Waals surface area contributed by atoms with E-state index < -0.39 is 5.54 Å². The normalized spacial score (nSPS) is 30.1. The molecule has 0 aromatic rings. The quantitative estimate of drug-likeness (QED) is 0.773. The van der Waals surface area contributed by atoms with Gasteiger partial charge < -0.3 is 10.5 Å². The Hall–Kier alpha value is -0.570. The van der Waals surface area contributed by atoms with Gasteiger partial charge in [-0.1, -0.05) is 40.5 Å². The second-order valence-corrected chi connectivity index (χ2v) is 6.63. The molecular formula is C14H27NO2. The van der Waals surface area contributed by atoms with Crippen LogP contribution in [0.1, 0.15) is 59.8 Å². The minimum atomic E-state index is -0.740. The van der Waals surface area contributed by atoms with E-state index in [4.69, 9.17) is 10.5 Å². The van der Waals surface area contributed by atoms with E-state index in [1.165, 1.54) is 6.42 Å². The minimum absolute atomic E-state index is 0.195. The van der Waals surface area contributed by atoms with Crippen molar-refractivity contribution in [3.8, 4) is 0 Å². The molecule has 1 fully saturated rings. The molecule has 3 nitrogen and oxygen atoms in total. The number of carbonyl (C=O) groups is 1. The van der Waals surface area contributed by atoms with Gasteiger partial charge in [-0.25, -0.2) is 0 Å². The SMILES string of the molecule is CC1CCCCC1(N)C(=O)OCCC(C)(C)C. The molecule has 1 saturated carbocycles. The lowest BCUT2D eigenvalue weighted by Crippen LogP contribution is -2.55. The van der Waals surface area contributed by atoms with Gasteiger partial charge in [0.15, 0.2) is 0 Å². The Morgan fingerprint density at radius 2 is 2.06 bits per heavy atom. The molecule has 2 atom stereocenters. The smallest absolute Gasteiger partial charge is 0.326 e. The second-order valence-electron chi connectivity index (χ2n) is 6.63. The van der Waals surface area contributed by atoms with Crippen molar-refractivity contribution in [1.29, 1.82) is 0 Å². The minimum Gasteiger partial charge on any atom is -0.464 e. The van der Waals surface area contributed by atoms with Crippen LogP contribution in [0.4, 0.5) is 0 Å². The van der Waals surface area contributed by atoms with E-state index in [1.807, 2.05) is 0 Å². The molecule has 0 aromatic heterocycles. The van der Waals surface area contributed by atoms with Crippen LogP contribution in [0.25, 0.3) is 0 Å². The number of rotatable bonds is 3. The predicted octanol–water partition coefficient (Wildman–Crippen LogP) is 2.87. The summed E-state index contributed by atoms with van der Waals surface area (Å²) in [6.45, 7) is 8.96. The van der Waals surface area contributed by atoms with E-state index in [1.54, 1.807) is 0 Å². The molecule has 0 amide bonds. The molecule has 3 heteroatoms. The highest BCUT2D eigenvalue weighted by Crippen LogP contribution is 2.32. The number of nitrogens with two attached hydrogens (primary N) is 1. The fraction of sp³-hybridized carbons (Fsp3) is 0.929. The summed E-state index contributed by atoms with van der Waals surface area (Å²) < 4.78 is 5.37. The van der Waals surface area contributed by atoms with Gasteiger partial charge in [0.05, 0.1) is 6.61 Å². The second kappa shape index (κ2) is 5.38. The summed E-state index contributed by atoms with van der Waals surface area (Å²) in [4.78, 5) is 12.1. The first kappa shape index (κ1) is 14.5. The van der Waals surface area contributed by atoms with Gasteiger partial charge in [-0.3, -0.25) is 4.79 Å². The number of ether oxygens (including phenoxy) is 1. The number of carbonyl (C=O) groups excluding carboxylic acids is 1. The van der Waals surface area contributed by atoms with Gasteiger partial charge in [0.25, 0.3) is 0 Å². The van der Waals surface area contributed by atoms with Crippen LogP contribution >= 0.6 is 0 Å². The molecule has 0 heterocycles. The van der Waals surface area contributed by atoms with Gasteiger partial charge >= 0.3 is 5.97 Å². The van der Waals surface area contributed by atoms with Crippen molar-refractivity contribution in [3.05, 3.63) is 0 Å². The summed E-state index contributed by atoms with van der Waals surface area (Å²) in [5.74, 6) is 0.0346. The highest BCUT2D eigenvalue weighted by atomic mass is 16.5. The highest BCUT2D eigenvalue weighted by Gasteiger charge is 2.42. The van der Waals surface area contributed by atoms with Crippen molar-refractivity contribution >= 4 is 5.97 Å². The largest absolute Gasteiger partial charge is 0.464 e. The molecule has 2 unspecified atom stereocenters. The maximum atomic E-state index is 12.1. The van der Waals surface area contributed by atoms with E-state index in [0.717, 1.165) is 25.7 Å². The lowest BCUT2D eigenvalue weighted by atomic mass is 9.74. The van der Waals surface area contributed by atoms with Crippen LogP contribution in [0.3, 0.4) is 0 Å². The van der Waals surface area contributed by atoms with Crippen LogP contribution in [0, 0.1) is 11.3 Å². The Morgan fingerprint density at radius 3 is 2.59 bits per heavy atom. The molecule has 0 saturated heterocycles. The molecule has 17 heavy (non-hydrogen) atoms. The zero-order valence-corrected chi connectivity index (χ0v) is 11.7. The van der Waals surface area contributed by atoms with Crippen LogP contribution in [0.2, 0.25) is 0 Å². The summed E-state index contributed by atoms with van der Waals surface area (Å²) in [6.07, 6.45) is 4.89. The van der Waals surface area contributed by atoms with Crippen LogP contribution in [-0.2, 0) is 9.53 Å². The van der Waals surface area contributed by atoms with Crippen LogP contribution in [0.15, 0.2) is 0 Å². The van der Waals surface area contributed by atoms with Crippen molar-refractivity contribution in [3.63, 3.8) is 0 Å².